The largest absolute Gasteiger partial charge is 0.496 e. The highest BCUT2D eigenvalue weighted by Gasteiger charge is 2.41. The molecule has 0 fully saturated rings. The van der Waals surface area contributed by atoms with Crippen LogP contribution in [0.25, 0.3) is 11.1 Å². The number of para-hydroxylation sites is 1. The quantitative estimate of drug-likeness (QED) is 0.528. The summed E-state index contributed by atoms with van der Waals surface area (Å²) in [5.74, 6) is 0.493. The van der Waals surface area contributed by atoms with E-state index < -0.39 is 16.3 Å². The zero-order chi connectivity index (χ0) is 21.8. The number of aromatic nitrogens is 1. The van der Waals surface area contributed by atoms with Gasteiger partial charge in [-0.15, -0.1) is 10.0 Å². The van der Waals surface area contributed by atoms with Crippen LogP contribution >= 0.6 is 22.0 Å². The Morgan fingerprint density at radius 2 is 1.94 bits per heavy atom. The van der Waals surface area contributed by atoms with Crippen molar-refractivity contribution >= 4 is 33.1 Å². The van der Waals surface area contributed by atoms with Gasteiger partial charge in [0.05, 0.1) is 23.1 Å². The molecule has 1 aromatic heterocycles. The maximum absolute atomic E-state index is 13.1. The SMILES string of the molecule is COc1ccccc1-c1cnccc1C(=O)NC1=NNS1(Cc1ccc(Cl)cc1)N=O. The first-order valence-electron chi connectivity index (χ1n) is 9.19. The van der Waals surface area contributed by atoms with Gasteiger partial charge in [-0.3, -0.25) is 15.1 Å². The van der Waals surface area contributed by atoms with Gasteiger partial charge >= 0.3 is 0 Å². The van der Waals surface area contributed by atoms with E-state index in [4.69, 9.17) is 16.3 Å². The Kier molecular flexibility index (Phi) is 5.88. The Balaban J connectivity index is 1.59. The molecule has 0 bridgehead atoms. The van der Waals surface area contributed by atoms with Crippen LogP contribution in [0.15, 0.2) is 76.7 Å². The number of methoxy groups -OCH3 is 1. The molecular weight excluding hydrogens is 438 g/mol. The maximum Gasteiger partial charge on any atom is 0.258 e. The summed E-state index contributed by atoms with van der Waals surface area (Å²) in [6, 6.07) is 16.0. The summed E-state index contributed by atoms with van der Waals surface area (Å²) < 4.78 is 8.71. The lowest BCUT2D eigenvalue weighted by Crippen LogP contribution is -2.45. The number of halogens is 1. The third-order valence-electron chi connectivity index (χ3n) is 4.72. The highest BCUT2D eigenvalue weighted by Crippen LogP contribution is 2.54. The number of carbonyl (C=O) groups excluding carboxylic acids is 1. The van der Waals surface area contributed by atoms with E-state index in [1.54, 1.807) is 31.5 Å². The molecule has 1 amide bonds. The zero-order valence-corrected chi connectivity index (χ0v) is 18.0. The van der Waals surface area contributed by atoms with Gasteiger partial charge in [0.15, 0.2) is 0 Å². The van der Waals surface area contributed by atoms with Gasteiger partial charge in [-0.25, -0.2) is 4.83 Å². The van der Waals surface area contributed by atoms with Crippen molar-refractivity contribution in [3.05, 3.63) is 88.0 Å². The van der Waals surface area contributed by atoms with Crippen LogP contribution < -0.4 is 14.9 Å². The zero-order valence-electron chi connectivity index (χ0n) is 16.4. The second kappa shape index (κ2) is 8.75. The average Bonchev–Trinajstić information content (AvgIpc) is 2.81. The number of hydrogen-bond donors (Lipinski definition) is 2. The Hall–Kier alpha value is -3.43. The van der Waals surface area contributed by atoms with Crippen LogP contribution in [-0.2, 0) is 5.75 Å². The van der Waals surface area contributed by atoms with Gasteiger partial charge < -0.3 is 4.74 Å². The molecule has 0 saturated carbocycles. The molecule has 31 heavy (non-hydrogen) atoms. The number of pyridine rings is 1. The Bertz CT molecular complexity index is 1170. The molecule has 158 valence electrons. The van der Waals surface area contributed by atoms with Gasteiger partial charge in [0.25, 0.3) is 5.91 Å². The maximum atomic E-state index is 13.1. The molecule has 0 aliphatic carbocycles. The van der Waals surface area contributed by atoms with Crippen LogP contribution in [0.5, 0.6) is 5.75 Å². The minimum atomic E-state index is -2.38. The number of hydrogen-bond acceptors (Lipinski definition) is 7. The molecule has 0 spiro atoms. The Morgan fingerprint density at radius 1 is 1.16 bits per heavy atom. The fraction of sp³-hybridized carbons (Fsp3) is 0.0952. The van der Waals surface area contributed by atoms with Crippen LogP contribution in [0.2, 0.25) is 5.02 Å². The average molecular weight is 456 g/mol. The van der Waals surface area contributed by atoms with Crippen molar-refractivity contribution < 1.29 is 9.53 Å². The second-order valence-corrected chi connectivity index (χ2v) is 9.48. The minimum absolute atomic E-state index is 0.227. The van der Waals surface area contributed by atoms with Gasteiger partial charge in [-0.1, -0.05) is 41.9 Å². The normalized spacial score (nSPS) is 19.1. The standard InChI is InChI=1S/C21H18ClN5O3S/c1-30-19-5-3-2-4-16(19)18-12-23-11-10-17(18)20(28)24-21-25-26-31(21,27-29)13-14-6-8-15(22)9-7-14/h2-12,26H,13H2,1H3,(H,24,25,28). The van der Waals surface area contributed by atoms with E-state index in [-0.39, 0.29) is 5.17 Å². The molecule has 10 heteroatoms. The number of nitrogens with one attached hydrogen (secondary N) is 2. The van der Waals surface area contributed by atoms with Crippen LogP contribution in [0.3, 0.4) is 0 Å². The monoisotopic (exact) mass is 455 g/mol. The predicted octanol–water partition coefficient (Wildman–Crippen LogP) is 4.62. The number of amidine groups is 1. The van der Waals surface area contributed by atoms with Crippen molar-refractivity contribution in [2.45, 2.75) is 5.75 Å². The fourth-order valence-corrected chi connectivity index (χ4v) is 4.96. The van der Waals surface area contributed by atoms with Crippen molar-refractivity contribution in [2.75, 3.05) is 7.11 Å². The molecule has 1 aliphatic heterocycles. The lowest BCUT2D eigenvalue weighted by molar-refractivity contribution is 0.0978. The summed E-state index contributed by atoms with van der Waals surface area (Å²) in [5.41, 5.74) is 2.56. The molecule has 2 N–H and O–H groups in total. The van der Waals surface area contributed by atoms with Crippen molar-refractivity contribution in [2.24, 2.45) is 9.68 Å². The molecule has 3 aromatic rings. The smallest absolute Gasteiger partial charge is 0.258 e. The van der Waals surface area contributed by atoms with Crippen LogP contribution in [0.4, 0.5) is 0 Å². The number of hydrazone groups is 1. The third kappa shape index (κ3) is 4.10. The molecule has 0 radical (unpaired) electrons. The van der Waals surface area contributed by atoms with E-state index in [0.29, 0.717) is 27.7 Å². The number of carbonyl (C=O) groups is 1. The number of nitroso groups, excluding NO2 is 1. The van der Waals surface area contributed by atoms with Gasteiger partial charge in [0.2, 0.25) is 5.17 Å². The molecule has 8 nitrogen and oxygen atoms in total. The van der Waals surface area contributed by atoms with E-state index in [1.807, 2.05) is 36.4 Å². The number of rotatable bonds is 6. The first kappa shape index (κ1) is 20.8. The summed E-state index contributed by atoms with van der Waals surface area (Å²) in [7, 11) is -0.817. The van der Waals surface area contributed by atoms with Crippen LogP contribution in [-0.4, -0.2) is 23.2 Å². The molecule has 0 saturated heterocycles. The van der Waals surface area contributed by atoms with E-state index in [0.717, 1.165) is 11.1 Å². The van der Waals surface area contributed by atoms with Gasteiger partial charge in [-0.2, -0.15) is 0 Å². The summed E-state index contributed by atoms with van der Waals surface area (Å²) in [4.78, 5) is 31.7. The molecule has 4 rings (SSSR count). The first-order valence-corrected chi connectivity index (χ1v) is 11.3. The fourth-order valence-electron chi connectivity index (χ4n) is 3.15. The van der Waals surface area contributed by atoms with Gasteiger partial charge in [-0.05, 0) is 29.8 Å². The number of ether oxygens (including phenoxy) is 1. The van der Waals surface area contributed by atoms with Gasteiger partial charge in [0, 0.05) is 38.9 Å². The summed E-state index contributed by atoms with van der Waals surface area (Å²) >= 11 is 5.93. The lowest BCUT2D eigenvalue weighted by atomic mass is 10.0. The number of nitrogens with zero attached hydrogens (tertiary/aromatic N) is 3. The minimum Gasteiger partial charge on any atom is -0.496 e. The topological polar surface area (TPSA) is 105 Å². The van der Waals surface area contributed by atoms with Crippen molar-refractivity contribution in [1.29, 1.82) is 0 Å². The molecule has 1 aliphatic rings. The Labute approximate surface area is 185 Å². The third-order valence-corrected chi connectivity index (χ3v) is 7.20. The van der Waals surface area contributed by atoms with E-state index in [9.17, 15) is 9.70 Å². The first-order chi connectivity index (χ1) is 15.1. The van der Waals surface area contributed by atoms with Crippen molar-refractivity contribution in [1.82, 2.24) is 15.1 Å². The van der Waals surface area contributed by atoms with Crippen molar-refractivity contribution in [3.63, 3.8) is 0 Å². The number of amides is 1. The molecular formula is C21H18ClN5O3S. The summed E-state index contributed by atoms with van der Waals surface area (Å²) in [5, 5.41) is 7.59. The van der Waals surface area contributed by atoms with Crippen LogP contribution in [0, 0.1) is 4.91 Å². The molecule has 1 atom stereocenters. The lowest BCUT2D eigenvalue weighted by Gasteiger charge is -2.38. The van der Waals surface area contributed by atoms with Gasteiger partial charge in [0.1, 0.15) is 5.75 Å². The van der Waals surface area contributed by atoms with Crippen molar-refractivity contribution in [3.8, 4) is 16.9 Å². The van der Waals surface area contributed by atoms with E-state index in [2.05, 4.69) is 24.8 Å². The summed E-state index contributed by atoms with van der Waals surface area (Å²) in [6.45, 7) is 0. The number of benzene rings is 2. The Morgan fingerprint density at radius 3 is 2.61 bits per heavy atom. The molecule has 2 aromatic carbocycles. The van der Waals surface area contributed by atoms with E-state index in [1.165, 1.54) is 6.20 Å². The van der Waals surface area contributed by atoms with Crippen LogP contribution in [0.1, 0.15) is 15.9 Å². The molecule has 2 heterocycles. The predicted molar refractivity (Wildman–Crippen MR) is 123 cm³/mol. The second-order valence-electron chi connectivity index (χ2n) is 6.63. The summed E-state index contributed by atoms with van der Waals surface area (Å²) in [6.07, 6.45) is 3.12. The van der Waals surface area contributed by atoms with E-state index >= 15 is 0 Å². The highest BCUT2D eigenvalue weighted by atomic mass is 35.5. The molecule has 1 unspecified atom stereocenters. The highest BCUT2D eigenvalue weighted by molar-refractivity contribution is 8.43.